The minimum atomic E-state index is -6.89. The quantitative estimate of drug-likeness (QED) is 0.350. The molecule has 1 aliphatic rings. The van der Waals surface area contributed by atoms with E-state index < -0.39 is 66.2 Å². The van der Waals surface area contributed by atoms with Gasteiger partial charge in [0.2, 0.25) is 0 Å². The van der Waals surface area contributed by atoms with Gasteiger partial charge in [0.25, 0.3) is 0 Å². The van der Waals surface area contributed by atoms with Gasteiger partial charge in [-0.1, -0.05) is 4.58 Å². The minimum absolute atomic E-state index is 0.215. The maximum Gasteiger partial charge on any atom is 0.508 e. The number of halogens is 6. The summed E-state index contributed by atoms with van der Waals surface area (Å²) in [6.07, 6.45) is -5.81. The van der Waals surface area contributed by atoms with Crippen molar-refractivity contribution < 1.29 is 62.6 Å². The Hall–Kier alpha value is -1.29. The summed E-state index contributed by atoms with van der Waals surface area (Å²) >= 11 is 0. The Balaban J connectivity index is 2.95. The zero-order valence-electron chi connectivity index (χ0n) is 14.7. The average molecular weight is 479 g/mol. The highest BCUT2D eigenvalue weighted by atomic mass is 32.3. The van der Waals surface area contributed by atoms with Crippen LogP contribution in [0.2, 0.25) is 0 Å². The lowest BCUT2D eigenvalue weighted by Crippen LogP contribution is -2.41. The second-order valence-corrected chi connectivity index (χ2v) is 10.4. The third kappa shape index (κ3) is 6.34. The van der Waals surface area contributed by atoms with Crippen LogP contribution >= 0.6 is 0 Å². The number of hydrogen-bond donors (Lipinski definition) is 1. The molecule has 8 nitrogen and oxygen atoms in total. The Morgan fingerprint density at radius 3 is 1.79 bits per heavy atom. The maximum atomic E-state index is 12.7. The summed E-state index contributed by atoms with van der Waals surface area (Å²) in [5.41, 5.74) is -12.7. The average Bonchev–Trinajstić information content (AvgIpc) is 2.52. The first kappa shape index (κ1) is 25.7. The van der Waals surface area contributed by atoms with Crippen LogP contribution in [0.25, 0.3) is 0 Å². The highest BCUT2D eigenvalue weighted by molar-refractivity contribution is 8.13. The van der Waals surface area contributed by atoms with E-state index in [9.17, 15) is 53.1 Å². The fourth-order valence-electron chi connectivity index (χ4n) is 2.39. The van der Waals surface area contributed by atoms with Gasteiger partial charge in [0.05, 0.1) is 12.2 Å². The second-order valence-electron chi connectivity index (χ2n) is 6.20. The summed E-state index contributed by atoms with van der Waals surface area (Å²) in [6.45, 7) is 0.698. The van der Waals surface area contributed by atoms with Gasteiger partial charge in [0, 0.05) is 0 Å². The number of aliphatic hydroxyl groups is 1. The third-order valence-electron chi connectivity index (χ3n) is 3.87. The highest BCUT2D eigenvalue weighted by Crippen LogP contribution is 2.43. The van der Waals surface area contributed by atoms with E-state index in [1.807, 2.05) is 0 Å². The topological polar surface area (TPSA) is 124 Å². The summed E-state index contributed by atoms with van der Waals surface area (Å²) < 4.78 is 128. The van der Waals surface area contributed by atoms with Crippen molar-refractivity contribution in [2.24, 2.45) is 0 Å². The molecule has 0 bridgehead atoms. The van der Waals surface area contributed by atoms with Gasteiger partial charge in [-0.15, -0.1) is 6.42 Å². The number of rotatable bonds is 6. The van der Waals surface area contributed by atoms with Gasteiger partial charge in [0.15, 0.2) is 0 Å². The third-order valence-corrected chi connectivity index (χ3v) is 7.93. The summed E-state index contributed by atoms with van der Waals surface area (Å²) in [5, 5.41) is 9.32. The molecule has 29 heavy (non-hydrogen) atoms. The predicted octanol–water partition coefficient (Wildman–Crippen LogP) is 2.58. The van der Waals surface area contributed by atoms with Crippen LogP contribution in [-0.4, -0.2) is 57.4 Å². The molecule has 1 saturated carbocycles. The van der Waals surface area contributed by atoms with Gasteiger partial charge in [0.1, 0.15) is 25.8 Å². The highest BCUT2D eigenvalue weighted by Gasteiger charge is 2.54. The monoisotopic (exact) mass is 479 g/mol. The van der Waals surface area contributed by atoms with Gasteiger partial charge >= 0.3 is 17.2 Å². The lowest BCUT2D eigenvalue weighted by atomic mass is 9.95. The largest absolute Gasteiger partial charge is 0.508 e. The Kier molecular flexibility index (Phi) is 7.84. The van der Waals surface area contributed by atoms with Crippen molar-refractivity contribution >= 4 is 25.8 Å². The van der Waals surface area contributed by atoms with Crippen LogP contribution < -0.4 is 0 Å². The molecule has 0 aromatic rings. The van der Waals surface area contributed by atoms with Crippen molar-refractivity contribution in [1.82, 2.24) is 0 Å². The lowest BCUT2D eigenvalue weighted by Gasteiger charge is -2.33. The van der Waals surface area contributed by atoms with Crippen LogP contribution in [0.5, 0.6) is 0 Å². The summed E-state index contributed by atoms with van der Waals surface area (Å²) in [7, 11) is -13.8. The molecular formula is C13H17F6O8S2-. The first-order valence-electron chi connectivity index (χ1n) is 7.93. The molecule has 1 aliphatic carbocycles. The first-order chi connectivity index (χ1) is 12.9. The molecule has 1 unspecified atom stereocenters. The smallest absolute Gasteiger partial charge is 0.434 e. The Morgan fingerprint density at radius 1 is 1.00 bits per heavy atom. The molecule has 0 saturated heterocycles. The molecule has 16 heteroatoms. The molecule has 0 aromatic heterocycles. The zero-order chi connectivity index (χ0) is 22.8. The lowest BCUT2D eigenvalue weighted by molar-refractivity contribution is -0.0461. The molecule has 1 atom stereocenters. The number of alkyl halides is 6. The molecule has 1 rings (SSSR count). The number of sulfone groups is 2. The molecule has 0 heterocycles. The van der Waals surface area contributed by atoms with Crippen LogP contribution in [0.3, 0.4) is 0 Å². The van der Waals surface area contributed by atoms with Crippen LogP contribution in [0.15, 0.2) is 0 Å². The van der Waals surface area contributed by atoms with Crippen molar-refractivity contribution in [3.05, 3.63) is 4.58 Å². The molecule has 0 amide bonds. The summed E-state index contributed by atoms with van der Waals surface area (Å²) in [6, 6.07) is 0. The van der Waals surface area contributed by atoms with Crippen molar-refractivity contribution in [3.8, 4) is 0 Å². The standard InChI is InChI=1S/C13H17F6O8S2/c1-7(26-11(21)27-9-4-2-8(20)3-5-9)6-10(28(22,23)12(14,15)16)29(24,25)13(17,18)19/h7-9,20H,2-6H2,1H3/q-1. The molecule has 1 fully saturated rings. The summed E-state index contributed by atoms with van der Waals surface area (Å²) in [4.78, 5) is 11.6. The van der Waals surface area contributed by atoms with Gasteiger partial charge in [-0.2, -0.15) is 26.3 Å². The molecule has 172 valence electrons. The van der Waals surface area contributed by atoms with Crippen LogP contribution in [-0.2, 0) is 29.1 Å². The molecule has 0 radical (unpaired) electrons. The van der Waals surface area contributed by atoms with Gasteiger partial charge in [-0.3, -0.25) is 16.8 Å². The SMILES string of the molecule is CC(C[C-](S(=O)(=O)C(F)(F)F)S(=O)(=O)C(F)(F)F)OC(=O)OC1CCC(O)CC1. The summed E-state index contributed by atoms with van der Waals surface area (Å²) in [5.74, 6) is 0. The fraction of sp³-hybridized carbons (Fsp3) is 0.846. The van der Waals surface area contributed by atoms with Gasteiger partial charge < -0.3 is 14.6 Å². The molecule has 0 aromatic carbocycles. The van der Waals surface area contributed by atoms with Crippen molar-refractivity contribution in [1.29, 1.82) is 0 Å². The first-order valence-corrected chi connectivity index (χ1v) is 10.9. The van der Waals surface area contributed by atoms with Crippen LogP contribution in [0.1, 0.15) is 39.0 Å². The zero-order valence-corrected chi connectivity index (χ0v) is 16.3. The van der Waals surface area contributed by atoms with E-state index in [0.717, 1.165) is 0 Å². The predicted molar refractivity (Wildman–Crippen MR) is 83.1 cm³/mol. The van der Waals surface area contributed by atoms with Crippen molar-refractivity contribution in [3.63, 3.8) is 0 Å². The van der Waals surface area contributed by atoms with Crippen LogP contribution in [0.4, 0.5) is 31.1 Å². The second kappa shape index (κ2) is 8.83. The van der Waals surface area contributed by atoms with Crippen LogP contribution in [0, 0.1) is 4.58 Å². The fourth-order valence-corrected chi connectivity index (χ4v) is 5.54. The van der Waals surface area contributed by atoms with E-state index in [2.05, 4.69) is 4.74 Å². The van der Waals surface area contributed by atoms with E-state index in [1.54, 1.807) is 0 Å². The van der Waals surface area contributed by atoms with Crippen molar-refractivity contribution in [2.45, 2.75) is 68.4 Å². The molecule has 1 N–H and O–H groups in total. The van der Waals surface area contributed by atoms with E-state index in [1.165, 1.54) is 0 Å². The van der Waals surface area contributed by atoms with E-state index in [0.29, 0.717) is 6.92 Å². The number of ether oxygens (including phenoxy) is 2. The number of carbonyl (C=O) groups excluding carboxylic acids is 1. The van der Waals surface area contributed by atoms with E-state index in [-0.39, 0.29) is 25.7 Å². The van der Waals surface area contributed by atoms with Gasteiger partial charge in [-0.05, 0) is 32.6 Å². The Labute approximate surface area is 162 Å². The van der Waals surface area contributed by atoms with Crippen molar-refractivity contribution in [2.75, 3.05) is 0 Å². The minimum Gasteiger partial charge on any atom is -0.434 e. The van der Waals surface area contributed by atoms with E-state index >= 15 is 0 Å². The molecule has 0 aliphatic heterocycles. The Bertz CT molecular complexity index is 737. The van der Waals surface area contributed by atoms with Gasteiger partial charge in [-0.25, -0.2) is 4.79 Å². The Morgan fingerprint density at radius 2 is 1.41 bits per heavy atom. The normalized spacial score (nSPS) is 22.9. The maximum absolute atomic E-state index is 12.7. The van der Waals surface area contributed by atoms with E-state index in [4.69, 9.17) is 4.74 Å². The number of carbonyl (C=O) groups is 1. The number of hydrogen-bond acceptors (Lipinski definition) is 8. The molecular weight excluding hydrogens is 462 g/mol. The number of aliphatic hydroxyl groups excluding tert-OH is 1. The molecule has 0 spiro atoms.